The second-order valence-corrected chi connectivity index (χ2v) is 5.89. The van der Waals surface area contributed by atoms with Crippen molar-refractivity contribution in [3.05, 3.63) is 23.3 Å². The van der Waals surface area contributed by atoms with Crippen LogP contribution in [-0.2, 0) is 11.2 Å². The number of methoxy groups -OCH3 is 1. The molecule has 0 aliphatic heterocycles. The van der Waals surface area contributed by atoms with E-state index in [1.807, 2.05) is 6.92 Å². The molecular formula is C14H20N2O2. The smallest absolute Gasteiger partial charge is 0.166 e. The van der Waals surface area contributed by atoms with Crippen molar-refractivity contribution in [3.63, 3.8) is 0 Å². The molecule has 0 spiro atoms. The second-order valence-electron chi connectivity index (χ2n) is 5.89. The molecule has 0 saturated carbocycles. The van der Waals surface area contributed by atoms with E-state index in [0.717, 1.165) is 17.9 Å². The molecule has 0 radical (unpaired) electrons. The summed E-state index contributed by atoms with van der Waals surface area (Å²) < 4.78 is 5.12. The molecular weight excluding hydrogens is 228 g/mol. The number of hydrogen-bond donors (Lipinski definition) is 0. The summed E-state index contributed by atoms with van der Waals surface area (Å²) in [6.45, 7) is 6.83. The number of Topliss-reactive ketones (excluding diaryl/α,β-unsaturated/α-hetero) is 1. The molecule has 1 aliphatic carbocycles. The number of nitrogens with zero attached hydrogens (tertiary/aromatic N) is 2. The highest BCUT2D eigenvalue weighted by atomic mass is 16.5. The van der Waals surface area contributed by atoms with Crippen molar-refractivity contribution in [2.45, 2.75) is 39.5 Å². The van der Waals surface area contributed by atoms with Gasteiger partial charge in [0.15, 0.2) is 5.78 Å². The van der Waals surface area contributed by atoms with Crippen LogP contribution in [0.15, 0.2) is 6.20 Å². The van der Waals surface area contributed by atoms with Crippen LogP contribution in [0, 0.1) is 5.41 Å². The van der Waals surface area contributed by atoms with Crippen LogP contribution in [0.25, 0.3) is 0 Å². The Hall–Kier alpha value is -1.29. The minimum atomic E-state index is 0.000199. The minimum absolute atomic E-state index is 0.000199. The molecule has 1 aromatic rings. The highest BCUT2D eigenvalue weighted by Gasteiger charge is 2.32. The zero-order chi connectivity index (χ0) is 13.3. The van der Waals surface area contributed by atoms with E-state index in [4.69, 9.17) is 4.74 Å². The van der Waals surface area contributed by atoms with Crippen molar-refractivity contribution < 1.29 is 9.53 Å². The molecule has 1 unspecified atom stereocenters. The maximum absolute atomic E-state index is 12.0. The van der Waals surface area contributed by atoms with E-state index in [-0.39, 0.29) is 17.1 Å². The Morgan fingerprint density at radius 1 is 1.44 bits per heavy atom. The van der Waals surface area contributed by atoms with Crippen molar-refractivity contribution in [2.24, 2.45) is 5.41 Å². The highest BCUT2D eigenvalue weighted by Crippen LogP contribution is 2.33. The van der Waals surface area contributed by atoms with Crippen LogP contribution in [0.4, 0.5) is 0 Å². The lowest BCUT2D eigenvalue weighted by Crippen LogP contribution is -2.28. The van der Waals surface area contributed by atoms with Gasteiger partial charge >= 0.3 is 0 Å². The van der Waals surface area contributed by atoms with Crippen LogP contribution in [0.3, 0.4) is 0 Å². The summed E-state index contributed by atoms with van der Waals surface area (Å²) in [4.78, 5) is 20.9. The van der Waals surface area contributed by atoms with Gasteiger partial charge in [-0.3, -0.25) is 4.79 Å². The number of carbonyl (C=O) groups is 1. The van der Waals surface area contributed by atoms with E-state index in [2.05, 4.69) is 23.8 Å². The number of rotatable bonds is 3. The number of ketones is 1. The van der Waals surface area contributed by atoms with Crippen LogP contribution >= 0.6 is 0 Å². The number of ether oxygens (including phenoxy) is 1. The standard InChI is InChI=1S/C14H20N2O2/c1-9(8-18-4)13-15-7-10-11(16-13)5-14(2,3)6-12(10)17/h7,9H,5-6,8H2,1-4H3. The third-order valence-electron chi connectivity index (χ3n) is 3.33. The Morgan fingerprint density at radius 3 is 2.83 bits per heavy atom. The molecule has 4 nitrogen and oxygen atoms in total. The van der Waals surface area contributed by atoms with Gasteiger partial charge in [-0.25, -0.2) is 9.97 Å². The Balaban J connectivity index is 2.34. The van der Waals surface area contributed by atoms with Gasteiger partial charge in [0, 0.05) is 25.6 Å². The van der Waals surface area contributed by atoms with Gasteiger partial charge in [0.1, 0.15) is 5.82 Å². The number of carbonyl (C=O) groups excluding carboxylic acids is 1. The quantitative estimate of drug-likeness (QED) is 0.824. The average Bonchev–Trinajstić information content (AvgIpc) is 2.26. The Kier molecular flexibility index (Phi) is 3.48. The molecule has 1 heterocycles. The molecule has 0 N–H and O–H groups in total. The molecule has 1 aliphatic rings. The Labute approximate surface area is 108 Å². The fraction of sp³-hybridized carbons (Fsp3) is 0.643. The van der Waals surface area contributed by atoms with E-state index >= 15 is 0 Å². The molecule has 4 heteroatoms. The summed E-state index contributed by atoms with van der Waals surface area (Å²) in [7, 11) is 1.67. The minimum Gasteiger partial charge on any atom is -0.384 e. The first kappa shape index (κ1) is 13.1. The van der Waals surface area contributed by atoms with Gasteiger partial charge in [-0.1, -0.05) is 20.8 Å². The van der Waals surface area contributed by atoms with Crippen molar-refractivity contribution in [2.75, 3.05) is 13.7 Å². The number of hydrogen-bond acceptors (Lipinski definition) is 4. The third-order valence-corrected chi connectivity index (χ3v) is 3.33. The summed E-state index contributed by atoms with van der Waals surface area (Å²) in [6, 6.07) is 0. The van der Waals surface area contributed by atoms with Gasteiger partial charge < -0.3 is 4.74 Å². The molecule has 98 valence electrons. The fourth-order valence-electron chi connectivity index (χ4n) is 2.41. The molecule has 18 heavy (non-hydrogen) atoms. The summed E-state index contributed by atoms with van der Waals surface area (Å²) in [5.74, 6) is 1.08. The number of fused-ring (bicyclic) bond motifs is 1. The molecule has 0 amide bonds. The maximum Gasteiger partial charge on any atom is 0.166 e. The lowest BCUT2D eigenvalue weighted by atomic mass is 9.76. The fourth-order valence-corrected chi connectivity index (χ4v) is 2.41. The third kappa shape index (κ3) is 2.58. The van der Waals surface area contributed by atoms with Crippen molar-refractivity contribution in [3.8, 4) is 0 Å². The van der Waals surface area contributed by atoms with Gasteiger partial charge in [-0.05, 0) is 11.8 Å². The molecule has 1 atom stereocenters. The molecule has 0 fully saturated rings. The average molecular weight is 248 g/mol. The predicted octanol–water partition coefficient (Wildman–Crippen LogP) is 2.38. The first-order valence-electron chi connectivity index (χ1n) is 6.31. The van der Waals surface area contributed by atoms with Gasteiger partial charge in [0.25, 0.3) is 0 Å². The van der Waals surface area contributed by atoms with Crippen LogP contribution in [0.1, 0.15) is 55.0 Å². The van der Waals surface area contributed by atoms with Crippen molar-refractivity contribution in [1.82, 2.24) is 9.97 Å². The van der Waals surface area contributed by atoms with E-state index in [0.29, 0.717) is 18.6 Å². The zero-order valence-corrected chi connectivity index (χ0v) is 11.5. The molecule has 0 saturated heterocycles. The predicted molar refractivity (Wildman–Crippen MR) is 68.8 cm³/mol. The van der Waals surface area contributed by atoms with Crippen LogP contribution in [0.2, 0.25) is 0 Å². The van der Waals surface area contributed by atoms with Crippen LogP contribution in [-0.4, -0.2) is 29.5 Å². The van der Waals surface area contributed by atoms with Crippen molar-refractivity contribution in [1.29, 1.82) is 0 Å². The maximum atomic E-state index is 12.0. The van der Waals surface area contributed by atoms with Crippen LogP contribution in [0.5, 0.6) is 0 Å². The summed E-state index contributed by atoms with van der Waals surface area (Å²) in [5, 5.41) is 0. The van der Waals surface area contributed by atoms with Gasteiger partial charge in [-0.15, -0.1) is 0 Å². The molecule has 2 rings (SSSR count). The van der Waals surface area contributed by atoms with Gasteiger partial charge in [-0.2, -0.15) is 0 Å². The SMILES string of the molecule is COCC(C)c1ncc2c(n1)CC(C)(C)CC2=O. The summed E-state index contributed by atoms with van der Waals surface area (Å²) in [5.41, 5.74) is 1.59. The lowest BCUT2D eigenvalue weighted by molar-refractivity contribution is 0.0909. The van der Waals surface area contributed by atoms with E-state index in [1.165, 1.54) is 0 Å². The first-order chi connectivity index (χ1) is 8.43. The molecule has 0 aromatic carbocycles. The lowest BCUT2D eigenvalue weighted by Gasteiger charge is -2.29. The normalized spacial score (nSPS) is 19.4. The highest BCUT2D eigenvalue weighted by molar-refractivity contribution is 5.98. The molecule has 0 bridgehead atoms. The monoisotopic (exact) mass is 248 g/mol. The van der Waals surface area contributed by atoms with E-state index < -0.39 is 0 Å². The van der Waals surface area contributed by atoms with Gasteiger partial charge in [0.2, 0.25) is 0 Å². The topological polar surface area (TPSA) is 52.1 Å². The van der Waals surface area contributed by atoms with E-state index in [9.17, 15) is 4.79 Å². The Morgan fingerprint density at radius 2 is 2.17 bits per heavy atom. The number of aromatic nitrogens is 2. The van der Waals surface area contributed by atoms with E-state index in [1.54, 1.807) is 13.3 Å². The second kappa shape index (κ2) is 4.76. The largest absolute Gasteiger partial charge is 0.384 e. The molecule has 1 aromatic heterocycles. The van der Waals surface area contributed by atoms with Crippen LogP contribution < -0.4 is 0 Å². The first-order valence-corrected chi connectivity index (χ1v) is 6.31. The summed E-state index contributed by atoms with van der Waals surface area (Å²) >= 11 is 0. The Bertz CT molecular complexity index is 469. The van der Waals surface area contributed by atoms with Gasteiger partial charge in [0.05, 0.1) is 17.9 Å². The zero-order valence-electron chi connectivity index (χ0n) is 11.5. The van der Waals surface area contributed by atoms with Crippen molar-refractivity contribution >= 4 is 5.78 Å². The summed E-state index contributed by atoms with van der Waals surface area (Å²) in [6.07, 6.45) is 3.10.